The molecule has 1 N–H and O–H groups in total. The van der Waals surface area contributed by atoms with E-state index in [1.807, 2.05) is 0 Å². The zero-order valence-corrected chi connectivity index (χ0v) is 10.4. The maximum absolute atomic E-state index is 3.52. The number of hydrogen-bond donors (Lipinski definition) is 1. The molecule has 1 aromatic carbocycles. The van der Waals surface area contributed by atoms with E-state index in [1.54, 1.807) is 0 Å². The van der Waals surface area contributed by atoms with E-state index >= 15 is 0 Å². The summed E-state index contributed by atoms with van der Waals surface area (Å²) in [7, 11) is 2.11. The third kappa shape index (κ3) is 2.65. The minimum absolute atomic E-state index is 0.653. The number of likely N-dealkylation sites (N-methyl/N-ethyl adjacent to an activating group) is 1. The topological polar surface area (TPSA) is 12.0 Å². The molecular formula is C15H23N. The van der Waals surface area contributed by atoms with Crippen molar-refractivity contribution in [1.29, 1.82) is 0 Å². The molecule has 1 saturated carbocycles. The van der Waals surface area contributed by atoms with Crippen LogP contribution in [0.4, 0.5) is 0 Å². The first kappa shape index (κ1) is 11.7. The molecule has 0 spiro atoms. The highest BCUT2D eigenvalue weighted by Gasteiger charge is 2.29. The van der Waals surface area contributed by atoms with Gasteiger partial charge in [-0.2, -0.15) is 0 Å². The molecule has 1 aliphatic rings. The molecule has 3 unspecified atom stereocenters. The first-order chi connectivity index (χ1) is 7.81. The third-order valence-electron chi connectivity index (χ3n) is 4.11. The van der Waals surface area contributed by atoms with Gasteiger partial charge in [0.25, 0.3) is 0 Å². The van der Waals surface area contributed by atoms with Crippen LogP contribution in [0, 0.1) is 11.8 Å². The summed E-state index contributed by atoms with van der Waals surface area (Å²) in [5.74, 6) is 1.76. The molecule has 0 aliphatic heterocycles. The van der Waals surface area contributed by atoms with Crippen LogP contribution in [0.15, 0.2) is 30.3 Å². The van der Waals surface area contributed by atoms with Crippen molar-refractivity contribution in [1.82, 2.24) is 5.32 Å². The molecule has 0 heterocycles. The van der Waals surface area contributed by atoms with Crippen LogP contribution in [-0.4, -0.2) is 13.1 Å². The van der Waals surface area contributed by atoms with Crippen LogP contribution in [0.25, 0.3) is 0 Å². The average molecular weight is 217 g/mol. The van der Waals surface area contributed by atoms with Crippen molar-refractivity contribution in [3.63, 3.8) is 0 Å². The first-order valence-electron chi connectivity index (χ1n) is 6.52. The SMILES string of the molecule is CNC(Cc1ccccc1)C1CCCC1C. The highest BCUT2D eigenvalue weighted by atomic mass is 14.9. The Kier molecular flexibility index (Phi) is 4.00. The second-order valence-electron chi connectivity index (χ2n) is 5.16. The minimum Gasteiger partial charge on any atom is -0.316 e. The quantitative estimate of drug-likeness (QED) is 0.816. The Labute approximate surface area is 99.3 Å². The molecule has 1 fully saturated rings. The number of rotatable bonds is 4. The molecule has 1 aromatic rings. The summed E-state index contributed by atoms with van der Waals surface area (Å²) in [5.41, 5.74) is 1.46. The van der Waals surface area contributed by atoms with Gasteiger partial charge in [-0.25, -0.2) is 0 Å². The first-order valence-corrected chi connectivity index (χ1v) is 6.52. The molecule has 0 aromatic heterocycles. The van der Waals surface area contributed by atoms with Gasteiger partial charge < -0.3 is 5.32 Å². The lowest BCUT2D eigenvalue weighted by atomic mass is 9.86. The standard InChI is InChI=1S/C15H23N/c1-12-7-6-10-14(12)15(16-2)11-13-8-4-3-5-9-13/h3-5,8-9,12,14-16H,6-7,10-11H2,1-2H3. The molecule has 0 amide bonds. The number of hydrogen-bond acceptors (Lipinski definition) is 1. The van der Waals surface area contributed by atoms with Gasteiger partial charge in [0.2, 0.25) is 0 Å². The smallest absolute Gasteiger partial charge is 0.0135 e. The summed E-state index contributed by atoms with van der Waals surface area (Å²) in [6.45, 7) is 2.41. The summed E-state index contributed by atoms with van der Waals surface area (Å²) in [4.78, 5) is 0. The van der Waals surface area contributed by atoms with Crippen molar-refractivity contribution >= 4 is 0 Å². The maximum atomic E-state index is 3.52. The fourth-order valence-electron chi connectivity index (χ4n) is 3.11. The Balaban J connectivity index is 2.00. The largest absolute Gasteiger partial charge is 0.316 e. The molecule has 2 rings (SSSR count). The monoisotopic (exact) mass is 217 g/mol. The van der Waals surface area contributed by atoms with Crippen molar-refractivity contribution in [2.75, 3.05) is 7.05 Å². The summed E-state index contributed by atoms with van der Waals surface area (Å²) in [5, 5.41) is 3.52. The van der Waals surface area contributed by atoms with E-state index in [0.29, 0.717) is 6.04 Å². The van der Waals surface area contributed by atoms with Gasteiger partial charge in [-0.05, 0) is 37.3 Å². The lowest BCUT2D eigenvalue weighted by Crippen LogP contribution is -2.36. The highest BCUT2D eigenvalue weighted by molar-refractivity contribution is 5.16. The van der Waals surface area contributed by atoms with Gasteiger partial charge in [-0.15, -0.1) is 0 Å². The molecular weight excluding hydrogens is 194 g/mol. The van der Waals surface area contributed by atoms with Gasteiger partial charge in [0, 0.05) is 6.04 Å². The van der Waals surface area contributed by atoms with Gasteiger partial charge in [0.1, 0.15) is 0 Å². The van der Waals surface area contributed by atoms with Crippen LogP contribution in [0.2, 0.25) is 0 Å². The minimum atomic E-state index is 0.653. The van der Waals surface area contributed by atoms with E-state index in [9.17, 15) is 0 Å². The Morgan fingerprint density at radius 3 is 2.56 bits per heavy atom. The van der Waals surface area contributed by atoms with E-state index in [1.165, 1.54) is 31.2 Å². The Morgan fingerprint density at radius 1 is 1.25 bits per heavy atom. The van der Waals surface area contributed by atoms with Crippen LogP contribution < -0.4 is 5.32 Å². The van der Waals surface area contributed by atoms with E-state index < -0.39 is 0 Å². The lowest BCUT2D eigenvalue weighted by Gasteiger charge is -2.26. The van der Waals surface area contributed by atoms with Crippen LogP contribution in [0.5, 0.6) is 0 Å². The molecule has 16 heavy (non-hydrogen) atoms. The highest BCUT2D eigenvalue weighted by Crippen LogP contribution is 2.34. The molecule has 0 bridgehead atoms. The van der Waals surface area contributed by atoms with E-state index in [0.717, 1.165) is 11.8 Å². The lowest BCUT2D eigenvalue weighted by molar-refractivity contribution is 0.308. The zero-order chi connectivity index (χ0) is 11.4. The molecule has 1 nitrogen and oxygen atoms in total. The Morgan fingerprint density at radius 2 is 2.00 bits per heavy atom. The second kappa shape index (κ2) is 5.49. The maximum Gasteiger partial charge on any atom is 0.0135 e. The van der Waals surface area contributed by atoms with Crippen LogP contribution in [-0.2, 0) is 6.42 Å². The van der Waals surface area contributed by atoms with E-state index in [-0.39, 0.29) is 0 Å². The molecule has 0 radical (unpaired) electrons. The molecule has 1 aliphatic carbocycles. The molecule has 0 saturated heterocycles. The van der Waals surface area contributed by atoms with Crippen LogP contribution in [0.3, 0.4) is 0 Å². The van der Waals surface area contributed by atoms with Crippen molar-refractivity contribution in [3.05, 3.63) is 35.9 Å². The van der Waals surface area contributed by atoms with Crippen LogP contribution in [0.1, 0.15) is 31.7 Å². The summed E-state index contributed by atoms with van der Waals surface area (Å²) >= 11 is 0. The fourth-order valence-corrected chi connectivity index (χ4v) is 3.11. The number of nitrogens with one attached hydrogen (secondary N) is 1. The molecule has 3 atom stereocenters. The van der Waals surface area contributed by atoms with Gasteiger partial charge in [0.05, 0.1) is 0 Å². The van der Waals surface area contributed by atoms with Crippen molar-refractivity contribution in [2.24, 2.45) is 11.8 Å². The second-order valence-corrected chi connectivity index (χ2v) is 5.16. The van der Waals surface area contributed by atoms with Gasteiger partial charge in [0.15, 0.2) is 0 Å². The summed E-state index contributed by atoms with van der Waals surface area (Å²) < 4.78 is 0. The average Bonchev–Trinajstić information content (AvgIpc) is 2.74. The molecule has 1 heteroatoms. The molecule has 88 valence electrons. The Bertz CT molecular complexity index is 306. The summed E-state index contributed by atoms with van der Waals surface area (Å²) in [6.07, 6.45) is 5.41. The van der Waals surface area contributed by atoms with Gasteiger partial charge in [-0.3, -0.25) is 0 Å². The number of benzene rings is 1. The third-order valence-corrected chi connectivity index (χ3v) is 4.11. The zero-order valence-electron chi connectivity index (χ0n) is 10.4. The Hall–Kier alpha value is -0.820. The van der Waals surface area contributed by atoms with Gasteiger partial charge in [-0.1, -0.05) is 50.1 Å². The van der Waals surface area contributed by atoms with Gasteiger partial charge >= 0.3 is 0 Å². The van der Waals surface area contributed by atoms with E-state index in [2.05, 4.69) is 49.6 Å². The van der Waals surface area contributed by atoms with Crippen molar-refractivity contribution < 1.29 is 0 Å². The van der Waals surface area contributed by atoms with Crippen LogP contribution >= 0.6 is 0 Å². The van der Waals surface area contributed by atoms with Crippen molar-refractivity contribution in [2.45, 2.75) is 38.6 Å². The summed E-state index contributed by atoms with van der Waals surface area (Å²) in [6, 6.07) is 11.5. The van der Waals surface area contributed by atoms with E-state index in [4.69, 9.17) is 0 Å². The predicted molar refractivity (Wildman–Crippen MR) is 69.5 cm³/mol. The predicted octanol–water partition coefficient (Wildman–Crippen LogP) is 3.25. The fraction of sp³-hybridized carbons (Fsp3) is 0.600. The van der Waals surface area contributed by atoms with Crippen molar-refractivity contribution in [3.8, 4) is 0 Å². The normalized spacial score (nSPS) is 26.9.